The third kappa shape index (κ3) is 6.78. The Morgan fingerprint density at radius 1 is 0.974 bits per heavy atom. The molecule has 0 spiro atoms. The summed E-state index contributed by atoms with van der Waals surface area (Å²) in [4.78, 5) is 27.6. The molecule has 1 atom stereocenters. The number of benzene rings is 3. The second-order valence-electron chi connectivity index (χ2n) is 8.58. The molecule has 0 aromatic heterocycles. The molecule has 0 aliphatic carbocycles. The van der Waals surface area contributed by atoms with E-state index in [-0.39, 0.29) is 17.1 Å². The molecule has 0 fully saturated rings. The first-order chi connectivity index (χ1) is 18.0. The van der Waals surface area contributed by atoms with Crippen molar-refractivity contribution in [2.24, 2.45) is 0 Å². The van der Waals surface area contributed by atoms with Gasteiger partial charge in [-0.2, -0.15) is 0 Å². The van der Waals surface area contributed by atoms with Crippen LogP contribution in [0.5, 0.6) is 5.75 Å². The Kier molecular flexibility index (Phi) is 9.65. The predicted octanol–water partition coefficient (Wildman–Crippen LogP) is 4.67. The molecule has 3 rings (SSSR count). The van der Waals surface area contributed by atoms with E-state index in [2.05, 4.69) is 5.32 Å². The van der Waals surface area contributed by atoms with Crippen molar-refractivity contribution in [3.63, 3.8) is 0 Å². The number of rotatable bonds is 10. The highest BCUT2D eigenvalue weighted by Crippen LogP contribution is 2.27. The molecule has 2 amide bonds. The summed E-state index contributed by atoms with van der Waals surface area (Å²) in [7, 11) is -1.18. The molecule has 3 aromatic carbocycles. The van der Waals surface area contributed by atoms with Crippen LogP contribution in [0.15, 0.2) is 71.6 Å². The van der Waals surface area contributed by atoms with Crippen molar-refractivity contribution in [3.05, 3.63) is 87.9 Å². The highest BCUT2D eigenvalue weighted by molar-refractivity contribution is 7.92. The number of amides is 2. The first-order valence-corrected chi connectivity index (χ1v) is 13.9. The molecule has 0 aliphatic heterocycles. The predicted molar refractivity (Wildman–Crippen MR) is 149 cm³/mol. The monoisotopic (exact) mass is 577 g/mol. The van der Waals surface area contributed by atoms with Crippen LogP contribution in [0.2, 0.25) is 10.0 Å². The molecular weight excluding hydrogens is 549 g/mol. The lowest BCUT2D eigenvalue weighted by atomic mass is 10.1. The molecule has 0 heterocycles. The Hall–Kier alpha value is -3.27. The van der Waals surface area contributed by atoms with Crippen LogP contribution in [0.4, 0.5) is 5.69 Å². The van der Waals surface area contributed by atoms with Gasteiger partial charge in [0.25, 0.3) is 10.0 Å². The van der Waals surface area contributed by atoms with Crippen LogP contribution < -0.4 is 14.4 Å². The number of carbonyl (C=O) groups is 2. The third-order valence-electron chi connectivity index (χ3n) is 6.00. The number of ether oxygens (including phenoxy) is 1. The zero-order valence-electron chi connectivity index (χ0n) is 21.4. The van der Waals surface area contributed by atoms with Gasteiger partial charge < -0.3 is 15.0 Å². The number of sulfonamides is 1. The van der Waals surface area contributed by atoms with Crippen LogP contribution in [0.1, 0.15) is 18.1 Å². The van der Waals surface area contributed by atoms with Crippen molar-refractivity contribution in [1.29, 1.82) is 0 Å². The molecule has 0 saturated carbocycles. The minimum atomic E-state index is -4.15. The van der Waals surface area contributed by atoms with Crippen molar-refractivity contribution in [2.75, 3.05) is 25.0 Å². The quantitative estimate of drug-likeness (QED) is 0.378. The van der Waals surface area contributed by atoms with Crippen LogP contribution >= 0.6 is 23.2 Å². The summed E-state index contributed by atoms with van der Waals surface area (Å²) < 4.78 is 33.8. The van der Waals surface area contributed by atoms with Gasteiger partial charge in [0, 0.05) is 13.6 Å². The highest BCUT2D eigenvalue weighted by atomic mass is 35.5. The third-order valence-corrected chi connectivity index (χ3v) is 8.53. The average molecular weight is 579 g/mol. The highest BCUT2D eigenvalue weighted by Gasteiger charge is 2.32. The van der Waals surface area contributed by atoms with Gasteiger partial charge in [-0.3, -0.25) is 13.9 Å². The zero-order chi connectivity index (χ0) is 28.0. The molecule has 1 N–H and O–H groups in total. The fourth-order valence-electron chi connectivity index (χ4n) is 3.74. The van der Waals surface area contributed by atoms with Gasteiger partial charge in [-0.1, -0.05) is 47.0 Å². The van der Waals surface area contributed by atoms with Gasteiger partial charge in [0.05, 0.1) is 27.7 Å². The first-order valence-electron chi connectivity index (χ1n) is 11.7. The van der Waals surface area contributed by atoms with E-state index < -0.39 is 34.4 Å². The Balaban J connectivity index is 2.04. The van der Waals surface area contributed by atoms with Gasteiger partial charge >= 0.3 is 0 Å². The lowest BCUT2D eigenvalue weighted by Gasteiger charge is -2.32. The number of anilines is 1. The van der Waals surface area contributed by atoms with Gasteiger partial charge in [0.2, 0.25) is 11.8 Å². The summed E-state index contributed by atoms with van der Waals surface area (Å²) in [5.74, 6) is -0.461. The summed E-state index contributed by atoms with van der Waals surface area (Å²) in [5, 5.41) is 3.19. The normalized spacial score (nSPS) is 11.9. The molecule has 0 bridgehead atoms. The molecule has 8 nitrogen and oxygen atoms in total. The maximum Gasteiger partial charge on any atom is 0.264 e. The maximum absolute atomic E-state index is 13.8. The number of nitrogens with zero attached hydrogens (tertiary/aromatic N) is 2. The minimum Gasteiger partial charge on any atom is -0.497 e. The van der Waals surface area contributed by atoms with Crippen LogP contribution in [0, 0.1) is 6.92 Å². The number of likely N-dealkylation sites (N-methyl/N-ethyl adjacent to an activating group) is 1. The molecule has 11 heteroatoms. The molecule has 202 valence electrons. The van der Waals surface area contributed by atoms with Crippen molar-refractivity contribution in [1.82, 2.24) is 10.2 Å². The van der Waals surface area contributed by atoms with Crippen molar-refractivity contribution < 1.29 is 22.7 Å². The second kappa shape index (κ2) is 12.5. The summed E-state index contributed by atoms with van der Waals surface area (Å²) in [6, 6.07) is 16.7. The van der Waals surface area contributed by atoms with E-state index in [0.29, 0.717) is 21.4 Å². The number of carbonyl (C=O) groups excluding carboxylic acids is 2. The van der Waals surface area contributed by atoms with Crippen LogP contribution in [0.3, 0.4) is 0 Å². The summed E-state index contributed by atoms with van der Waals surface area (Å²) >= 11 is 12.2. The van der Waals surface area contributed by atoms with Gasteiger partial charge in [-0.25, -0.2) is 8.42 Å². The van der Waals surface area contributed by atoms with E-state index in [1.807, 2.05) is 6.92 Å². The van der Waals surface area contributed by atoms with Crippen LogP contribution in [0.25, 0.3) is 0 Å². The van der Waals surface area contributed by atoms with Crippen molar-refractivity contribution in [3.8, 4) is 5.75 Å². The molecule has 3 aromatic rings. The topological polar surface area (TPSA) is 96.0 Å². The Labute approximate surface area is 233 Å². The van der Waals surface area contributed by atoms with E-state index in [0.717, 1.165) is 9.87 Å². The average Bonchev–Trinajstić information content (AvgIpc) is 2.91. The Morgan fingerprint density at radius 3 is 2.16 bits per heavy atom. The van der Waals surface area contributed by atoms with Gasteiger partial charge in [0.15, 0.2) is 0 Å². The smallest absolute Gasteiger partial charge is 0.264 e. The minimum absolute atomic E-state index is 0.00530. The van der Waals surface area contributed by atoms with E-state index in [1.165, 1.54) is 31.2 Å². The number of hydrogen-bond donors (Lipinski definition) is 1. The Bertz CT molecular complexity index is 1400. The Morgan fingerprint density at radius 2 is 1.61 bits per heavy atom. The van der Waals surface area contributed by atoms with Crippen molar-refractivity contribution in [2.45, 2.75) is 31.3 Å². The lowest BCUT2D eigenvalue weighted by Crippen LogP contribution is -2.50. The van der Waals surface area contributed by atoms with Gasteiger partial charge in [0.1, 0.15) is 18.3 Å². The number of hydrogen-bond acceptors (Lipinski definition) is 5. The van der Waals surface area contributed by atoms with E-state index >= 15 is 0 Å². The molecule has 38 heavy (non-hydrogen) atoms. The van der Waals surface area contributed by atoms with E-state index in [4.69, 9.17) is 27.9 Å². The maximum atomic E-state index is 13.8. The molecule has 0 saturated heterocycles. The molecule has 0 radical (unpaired) electrons. The number of nitrogens with one attached hydrogen (secondary N) is 1. The van der Waals surface area contributed by atoms with E-state index in [9.17, 15) is 18.0 Å². The van der Waals surface area contributed by atoms with Gasteiger partial charge in [-0.15, -0.1) is 0 Å². The summed E-state index contributed by atoms with van der Waals surface area (Å²) in [5.41, 5.74) is 1.78. The molecular formula is C27H29Cl2N3O5S. The second-order valence-corrected chi connectivity index (χ2v) is 11.3. The zero-order valence-corrected chi connectivity index (χ0v) is 23.8. The standard InChI is InChI=1S/C27H29Cl2N3O5S/c1-18-5-12-23(13-6-18)38(35,36)32(21-8-10-22(37-4)11-9-21)17-26(33)31(19(2)27(34)30-3)16-20-7-14-24(28)25(29)15-20/h5-15,19H,16-17H2,1-4H3,(H,30,34). The fourth-order valence-corrected chi connectivity index (χ4v) is 5.48. The SMILES string of the molecule is CNC(=O)C(C)N(Cc1ccc(Cl)c(Cl)c1)C(=O)CN(c1ccc(OC)cc1)S(=O)(=O)c1ccc(C)cc1. The molecule has 0 aliphatic rings. The van der Waals surface area contributed by atoms with E-state index in [1.54, 1.807) is 61.5 Å². The van der Waals surface area contributed by atoms with Crippen LogP contribution in [-0.4, -0.2) is 51.9 Å². The summed E-state index contributed by atoms with van der Waals surface area (Å²) in [6.07, 6.45) is 0. The summed E-state index contributed by atoms with van der Waals surface area (Å²) in [6.45, 7) is 2.87. The number of halogens is 2. The van der Waals surface area contributed by atoms with Crippen LogP contribution in [-0.2, 0) is 26.2 Å². The van der Waals surface area contributed by atoms with Gasteiger partial charge in [-0.05, 0) is 67.9 Å². The van der Waals surface area contributed by atoms with Crippen molar-refractivity contribution >= 4 is 50.7 Å². The largest absolute Gasteiger partial charge is 0.497 e. The first kappa shape index (κ1) is 29.3. The lowest BCUT2D eigenvalue weighted by molar-refractivity contribution is -0.139. The fraction of sp³-hybridized carbons (Fsp3) is 0.259. The number of methoxy groups -OCH3 is 1. The number of aryl methyl sites for hydroxylation is 1. The molecule has 1 unspecified atom stereocenters.